The van der Waals surface area contributed by atoms with Gasteiger partial charge in [-0.2, -0.15) is 5.10 Å². The van der Waals surface area contributed by atoms with E-state index in [4.69, 9.17) is 11.6 Å². The highest BCUT2D eigenvalue weighted by Gasteiger charge is 2.09. The fourth-order valence-corrected chi connectivity index (χ4v) is 1.51. The van der Waals surface area contributed by atoms with E-state index in [1.165, 1.54) is 4.68 Å². The van der Waals surface area contributed by atoms with Crippen LogP contribution in [0.25, 0.3) is 0 Å². The lowest BCUT2D eigenvalue weighted by atomic mass is 10.1. The number of nitrogens with zero attached hydrogens (tertiary/aromatic N) is 2. The molecule has 0 saturated carbocycles. The van der Waals surface area contributed by atoms with E-state index in [9.17, 15) is 4.79 Å². The Morgan fingerprint density at radius 3 is 2.65 bits per heavy atom. The van der Waals surface area contributed by atoms with Gasteiger partial charge in [0.2, 0.25) is 0 Å². The largest absolute Gasteiger partial charge is 0.381 e. The van der Waals surface area contributed by atoms with E-state index in [2.05, 4.69) is 36.5 Å². The number of hydrogen-bond donors (Lipinski definition) is 2. The average molecular weight is 259 g/mol. The molecule has 1 heterocycles. The minimum absolute atomic E-state index is 0.0799. The van der Waals surface area contributed by atoms with Gasteiger partial charge in [0.1, 0.15) is 5.02 Å². The van der Waals surface area contributed by atoms with Crippen LogP contribution in [0, 0.1) is 0 Å². The third-order valence-electron chi connectivity index (χ3n) is 2.17. The fraction of sp³-hybridized carbons (Fsp3) is 0.636. The summed E-state index contributed by atoms with van der Waals surface area (Å²) in [6.45, 7) is 7.76. The van der Waals surface area contributed by atoms with Crippen molar-refractivity contribution in [2.45, 2.75) is 26.3 Å². The summed E-state index contributed by atoms with van der Waals surface area (Å²) >= 11 is 5.91. The van der Waals surface area contributed by atoms with Crippen LogP contribution in [-0.2, 0) is 7.05 Å². The Balaban J connectivity index is 2.54. The van der Waals surface area contributed by atoms with Gasteiger partial charge in [-0.1, -0.05) is 11.6 Å². The van der Waals surface area contributed by atoms with Gasteiger partial charge in [0.05, 0.1) is 11.9 Å². The normalized spacial score (nSPS) is 11.6. The van der Waals surface area contributed by atoms with E-state index in [1.807, 2.05) is 0 Å². The zero-order chi connectivity index (χ0) is 13.1. The molecule has 6 heteroatoms. The lowest BCUT2D eigenvalue weighted by molar-refractivity contribution is 0.435. The lowest BCUT2D eigenvalue weighted by Crippen LogP contribution is -2.38. The molecular formula is C11H19ClN4O. The molecule has 0 radical (unpaired) electrons. The van der Waals surface area contributed by atoms with Crippen molar-refractivity contribution in [2.75, 3.05) is 18.4 Å². The maximum absolute atomic E-state index is 11.5. The Morgan fingerprint density at radius 2 is 2.06 bits per heavy atom. The lowest BCUT2D eigenvalue weighted by Gasteiger charge is -2.20. The summed E-state index contributed by atoms with van der Waals surface area (Å²) in [6.07, 6.45) is 1.56. The Labute approximate surface area is 106 Å². The third-order valence-corrected chi connectivity index (χ3v) is 2.54. The van der Waals surface area contributed by atoms with Crippen molar-refractivity contribution in [2.24, 2.45) is 7.05 Å². The van der Waals surface area contributed by atoms with Gasteiger partial charge in [-0.05, 0) is 20.8 Å². The predicted octanol–water partition coefficient (Wildman–Crippen LogP) is 1.23. The summed E-state index contributed by atoms with van der Waals surface area (Å²) in [5.74, 6) is 0. The van der Waals surface area contributed by atoms with Crippen LogP contribution >= 0.6 is 11.6 Å². The molecule has 0 aliphatic heterocycles. The van der Waals surface area contributed by atoms with Crippen molar-refractivity contribution in [1.82, 2.24) is 15.1 Å². The quantitative estimate of drug-likeness (QED) is 0.798. The number of anilines is 1. The Hall–Kier alpha value is -1.07. The van der Waals surface area contributed by atoms with E-state index in [0.717, 1.165) is 6.54 Å². The topological polar surface area (TPSA) is 59.0 Å². The molecule has 0 spiro atoms. The molecule has 1 rings (SSSR count). The highest BCUT2D eigenvalue weighted by Crippen LogP contribution is 2.14. The summed E-state index contributed by atoms with van der Waals surface area (Å²) in [5, 5.41) is 10.5. The molecule has 0 saturated heterocycles. The van der Waals surface area contributed by atoms with Crippen molar-refractivity contribution in [3.05, 3.63) is 21.6 Å². The molecule has 17 heavy (non-hydrogen) atoms. The van der Waals surface area contributed by atoms with Crippen LogP contribution in [0.1, 0.15) is 20.8 Å². The highest BCUT2D eigenvalue weighted by atomic mass is 35.5. The average Bonchev–Trinajstić information content (AvgIpc) is 2.22. The molecule has 0 atom stereocenters. The number of rotatable bonds is 4. The summed E-state index contributed by atoms with van der Waals surface area (Å²) < 4.78 is 1.21. The summed E-state index contributed by atoms with van der Waals surface area (Å²) in [7, 11) is 1.57. The van der Waals surface area contributed by atoms with Gasteiger partial charge in [-0.3, -0.25) is 4.79 Å². The molecule has 5 nitrogen and oxygen atoms in total. The van der Waals surface area contributed by atoms with Crippen LogP contribution < -0.4 is 16.2 Å². The van der Waals surface area contributed by atoms with Crippen LogP contribution in [0.3, 0.4) is 0 Å². The van der Waals surface area contributed by atoms with Gasteiger partial charge in [0.15, 0.2) is 0 Å². The van der Waals surface area contributed by atoms with Crippen molar-refractivity contribution in [1.29, 1.82) is 0 Å². The number of hydrogen-bond acceptors (Lipinski definition) is 4. The third kappa shape index (κ3) is 4.36. The standard InChI is InChI=1S/C11H19ClN4O/c1-11(2,3)14-6-5-13-8-7-15-16(4)10(17)9(8)12/h7,13-14H,5-6H2,1-4H3. The summed E-state index contributed by atoms with van der Waals surface area (Å²) in [4.78, 5) is 11.5. The van der Waals surface area contributed by atoms with Gasteiger partial charge < -0.3 is 10.6 Å². The molecule has 96 valence electrons. The molecule has 0 amide bonds. The smallest absolute Gasteiger partial charge is 0.287 e. The predicted molar refractivity (Wildman–Crippen MR) is 70.7 cm³/mol. The molecule has 2 N–H and O–H groups in total. The van der Waals surface area contributed by atoms with Crippen LogP contribution in [-0.4, -0.2) is 28.4 Å². The monoisotopic (exact) mass is 258 g/mol. The number of nitrogens with one attached hydrogen (secondary N) is 2. The van der Waals surface area contributed by atoms with Crippen molar-refractivity contribution in [3.63, 3.8) is 0 Å². The molecule has 1 aromatic heterocycles. The summed E-state index contributed by atoms with van der Waals surface area (Å²) in [6, 6.07) is 0. The molecule has 0 aromatic carbocycles. The van der Waals surface area contributed by atoms with Gasteiger partial charge in [-0.25, -0.2) is 4.68 Å². The van der Waals surface area contributed by atoms with Crippen molar-refractivity contribution < 1.29 is 0 Å². The second-order valence-electron chi connectivity index (χ2n) is 4.90. The van der Waals surface area contributed by atoms with E-state index in [-0.39, 0.29) is 16.1 Å². The van der Waals surface area contributed by atoms with Gasteiger partial charge >= 0.3 is 0 Å². The van der Waals surface area contributed by atoms with Crippen LogP contribution in [0.5, 0.6) is 0 Å². The molecule has 0 aliphatic rings. The molecule has 0 fully saturated rings. The van der Waals surface area contributed by atoms with Gasteiger partial charge in [0.25, 0.3) is 5.56 Å². The van der Waals surface area contributed by atoms with Crippen LogP contribution in [0.2, 0.25) is 5.02 Å². The number of halogens is 1. The zero-order valence-electron chi connectivity index (χ0n) is 10.7. The number of aromatic nitrogens is 2. The van der Waals surface area contributed by atoms with E-state index in [1.54, 1.807) is 13.2 Å². The van der Waals surface area contributed by atoms with Crippen LogP contribution in [0.15, 0.2) is 11.0 Å². The molecule has 1 aromatic rings. The highest BCUT2D eigenvalue weighted by molar-refractivity contribution is 6.32. The fourth-order valence-electron chi connectivity index (χ4n) is 1.27. The first-order valence-electron chi connectivity index (χ1n) is 5.52. The Morgan fingerprint density at radius 1 is 1.41 bits per heavy atom. The zero-order valence-corrected chi connectivity index (χ0v) is 11.4. The Bertz CT molecular complexity index is 436. The molecule has 0 unspecified atom stereocenters. The van der Waals surface area contributed by atoms with E-state index >= 15 is 0 Å². The minimum atomic E-state index is -0.291. The minimum Gasteiger partial charge on any atom is -0.381 e. The van der Waals surface area contributed by atoms with Gasteiger partial charge in [0, 0.05) is 25.7 Å². The van der Waals surface area contributed by atoms with Crippen molar-refractivity contribution in [3.8, 4) is 0 Å². The second-order valence-corrected chi connectivity index (χ2v) is 5.28. The molecular weight excluding hydrogens is 240 g/mol. The molecule has 0 bridgehead atoms. The van der Waals surface area contributed by atoms with E-state index in [0.29, 0.717) is 12.2 Å². The van der Waals surface area contributed by atoms with Crippen molar-refractivity contribution >= 4 is 17.3 Å². The summed E-state index contributed by atoms with van der Waals surface area (Å²) in [5.41, 5.74) is 0.363. The Kier molecular flexibility index (Phi) is 4.54. The maximum Gasteiger partial charge on any atom is 0.287 e. The first-order valence-corrected chi connectivity index (χ1v) is 5.90. The second kappa shape index (κ2) is 5.51. The van der Waals surface area contributed by atoms with E-state index < -0.39 is 0 Å². The maximum atomic E-state index is 11.5. The van der Waals surface area contributed by atoms with Crippen LogP contribution in [0.4, 0.5) is 5.69 Å². The van der Waals surface area contributed by atoms with Gasteiger partial charge in [-0.15, -0.1) is 0 Å². The molecule has 0 aliphatic carbocycles. The first kappa shape index (κ1) is 14.0. The SMILES string of the molecule is Cn1ncc(NCCNC(C)(C)C)c(Cl)c1=O. The number of aryl methyl sites for hydroxylation is 1. The first-order chi connectivity index (χ1) is 7.81.